The molecule has 0 saturated carbocycles. The zero-order chi connectivity index (χ0) is 35.9. The van der Waals surface area contributed by atoms with E-state index in [1.54, 1.807) is 0 Å². The Morgan fingerprint density at radius 2 is 0.765 bits per heavy atom. The highest BCUT2D eigenvalue weighted by molar-refractivity contribution is 6.24. The Morgan fingerprint density at radius 3 is 1.31 bits per heavy atom. The first-order valence-corrected chi connectivity index (χ1v) is 18.3. The zero-order valence-corrected chi connectivity index (χ0v) is 31.0. The molecule has 0 saturated heterocycles. The van der Waals surface area contributed by atoms with Gasteiger partial charge in [0, 0.05) is 44.0 Å². The summed E-state index contributed by atoms with van der Waals surface area (Å²) in [5.74, 6) is 0. The first-order chi connectivity index (χ1) is 25.1. The Hall–Kier alpha value is -5.86. The van der Waals surface area contributed by atoms with Gasteiger partial charge in [-0.25, -0.2) is 0 Å². The van der Waals surface area contributed by atoms with Gasteiger partial charge in [-0.15, -0.1) is 0 Å². The lowest BCUT2D eigenvalue weighted by Gasteiger charge is -2.33. The molecule has 0 bridgehead atoms. The lowest BCUT2D eigenvalue weighted by molar-refractivity contribution is 1.29. The molecule has 0 aliphatic carbocycles. The fraction of sp³-hybridized carbons (Fsp3) is 0.143. The van der Waals surface area contributed by atoms with Crippen LogP contribution in [0, 0.1) is 20.8 Å². The number of benzene rings is 8. The van der Waals surface area contributed by atoms with Crippen molar-refractivity contribution in [3.63, 3.8) is 0 Å². The van der Waals surface area contributed by atoms with Gasteiger partial charge in [-0.1, -0.05) is 136 Å². The quantitative estimate of drug-likeness (QED) is 0.129. The van der Waals surface area contributed by atoms with E-state index in [0.29, 0.717) is 0 Å². The van der Waals surface area contributed by atoms with E-state index in [9.17, 15) is 0 Å². The van der Waals surface area contributed by atoms with E-state index >= 15 is 0 Å². The molecule has 0 unspecified atom stereocenters. The van der Waals surface area contributed by atoms with Crippen LogP contribution in [0.4, 0.5) is 34.1 Å². The molecule has 0 spiro atoms. The van der Waals surface area contributed by atoms with Gasteiger partial charge in [0.15, 0.2) is 0 Å². The fourth-order valence-electron chi connectivity index (χ4n) is 6.97. The number of rotatable bonds is 6. The molecule has 2 nitrogen and oxygen atoms in total. The topological polar surface area (TPSA) is 6.48 Å². The second-order valence-corrected chi connectivity index (χ2v) is 12.4. The Labute approximate surface area is 304 Å². The molecule has 0 aliphatic heterocycles. The van der Waals surface area contributed by atoms with E-state index in [2.05, 4.69) is 194 Å². The van der Waals surface area contributed by atoms with E-state index in [1.165, 1.54) is 60.4 Å². The van der Waals surface area contributed by atoms with Gasteiger partial charge in [0.1, 0.15) is 0 Å². The van der Waals surface area contributed by atoms with Gasteiger partial charge in [0.05, 0.1) is 17.1 Å². The van der Waals surface area contributed by atoms with Gasteiger partial charge in [0.25, 0.3) is 0 Å². The van der Waals surface area contributed by atoms with E-state index < -0.39 is 0 Å². The van der Waals surface area contributed by atoms with Crippen LogP contribution in [-0.4, -0.2) is 0 Å². The fourth-order valence-corrected chi connectivity index (χ4v) is 6.97. The maximum Gasteiger partial charge on any atom is 0.0620 e. The molecule has 0 amide bonds. The van der Waals surface area contributed by atoms with Crippen LogP contribution in [0.2, 0.25) is 0 Å². The molecule has 0 heterocycles. The van der Waals surface area contributed by atoms with Crippen LogP contribution >= 0.6 is 0 Å². The van der Waals surface area contributed by atoms with E-state index in [-0.39, 0.29) is 0 Å². The Morgan fingerprint density at radius 1 is 0.333 bits per heavy atom. The van der Waals surface area contributed by atoms with Gasteiger partial charge in [0.2, 0.25) is 0 Å². The Bertz CT molecular complexity index is 2330. The number of para-hydroxylation sites is 3. The van der Waals surface area contributed by atoms with Crippen molar-refractivity contribution in [1.29, 1.82) is 0 Å². The van der Waals surface area contributed by atoms with E-state index in [0.717, 1.165) is 22.7 Å². The van der Waals surface area contributed by atoms with Gasteiger partial charge in [-0.2, -0.15) is 0 Å². The van der Waals surface area contributed by atoms with Crippen LogP contribution in [-0.2, 0) is 0 Å². The van der Waals surface area contributed by atoms with Crippen LogP contribution in [0.5, 0.6) is 0 Å². The van der Waals surface area contributed by atoms with Gasteiger partial charge in [-0.05, 0) is 97.9 Å². The molecule has 0 atom stereocenters. The molecule has 8 aromatic carbocycles. The average Bonchev–Trinajstić information content (AvgIpc) is 3.19. The van der Waals surface area contributed by atoms with Crippen molar-refractivity contribution in [3.05, 3.63) is 180 Å². The Balaban J connectivity index is 0.00000108. The number of nitrogens with zero attached hydrogens (tertiary/aromatic N) is 2. The minimum absolute atomic E-state index is 1.13. The lowest BCUT2D eigenvalue weighted by Crippen LogP contribution is -2.15. The molecule has 8 rings (SSSR count). The van der Waals surface area contributed by atoms with Crippen molar-refractivity contribution in [2.24, 2.45) is 0 Å². The molecule has 0 aliphatic rings. The summed E-state index contributed by atoms with van der Waals surface area (Å²) in [6.45, 7) is 14.7. The highest BCUT2D eigenvalue weighted by Crippen LogP contribution is 2.52. The number of hydrogen-bond acceptors (Lipinski definition) is 2. The summed E-state index contributed by atoms with van der Waals surface area (Å²) in [6, 6.07) is 59.4. The normalized spacial score (nSPS) is 10.6. The third-order valence-electron chi connectivity index (χ3n) is 9.33. The molecular weight excluding hydrogens is 617 g/mol. The van der Waals surface area contributed by atoms with Gasteiger partial charge >= 0.3 is 0 Å². The van der Waals surface area contributed by atoms with Crippen molar-refractivity contribution in [2.75, 3.05) is 9.80 Å². The third kappa shape index (κ3) is 6.70. The molecule has 0 fully saturated rings. The molecule has 8 aromatic rings. The molecule has 0 radical (unpaired) electrons. The number of fused-ring (bicyclic) bond motifs is 3. The summed E-state index contributed by atoms with van der Waals surface area (Å²) in [5.41, 5.74) is 10.7. The van der Waals surface area contributed by atoms with Crippen molar-refractivity contribution >= 4 is 66.4 Å². The number of anilines is 6. The average molecular weight is 665 g/mol. The minimum Gasteiger partial charge on any atom is -0.309 e. The largest absolute Gasteiger partial charge is 0.309 e. The maximum absolute atomic E-state index is 2.49. The molecule has 0 aromatic heterocycles. The van der Waals surface area contributed by atoms with Crippen LogP contribution in [0.15, 0.2) is 164 Å². The minimum atomic E-state index is 1.13. The maximum atomic E-state index is 2.49. The predicted octanol–water partition coefficient (Wildman–Crippen LogP) is 15.1. The summed E-state index contributed by atoms with van der Waals surface area (Å²) >= 11 is 0. The van der Waals surface area contributed by atoms with E-state index in [1.807, 2.05) is 27.7 Å². The molecule has 0 N–H and O–H groups in total. The van der Waals surface area contributed by atoms with Gasteiger partial charge < -0.3 is 9.80 Å². The summed E-state index contributed by atoms with van der Waals surface area (Å²) in [5, 5.41) is 7.29. The molecule has 254 valence electrons. The summed E-state index contributed by atoms with van der Waals surface area (Å²) < 4.78 is 0. The monoisotopic (exact) mass is 664 g/mol. The SMILES string of the molecule is CC.CC.Cc1ccc2c(N(c3ccccc3)c3ccccc3)c3cc(C)c(C)cc3c(N(c3ccccc3)c3cccc4ccccc34)c2c1. The highest BCUT2D eigenvalue weighted by atomic mass is 15.2. The third-order valence-corrected chi connectivity index (χ3v) is 9.33. The first kappa shape index (κ1) is 35.0. The first-order valence-electron chi connectivity index (χ1n) is 18.3. The van der Waals surface area contributed by atoms with Crippen LogP contribution < -0.4 is 9.80 Å². The van der Waals surface area contributed by atoms with Crippen LogP contribution in [0.25, 0.3) is 32.3 Å². The lowest BCUT2D eigenvalue weighted by atomic mass is 9.91. The van der Waals surface area contributed by atoms with Crippen molar-refractivity contribution in [1.82, 2.24) is 0 Å². The summed E-state index contributed by atoms with van der Waals surface area (Å²) in [7, 11) is 0. The van der Waals surface area contributed by atoms with Crippen molar-refractivity contribution in [2.45, 2.75) is 48.5 Å². The zero-order valence-electron chi connectivity index (χ0n) is 31.0. The second kappa shape index (κ2) is 15.8. The standard InChI is InChI=1S/C45H36N2.2C2H6/c1-31-26-27-39-40(28-31)45(47(37-22-11-6-12-23-37)43-25-15-17-34-16-13-14-24-38(34)43)42-30-33(3)32(2)29-41(42)44(39)46(35-18-7-4-8-19-35)36-20-9-5-10-21-36;2*1-2/h4-30H,1-3H3;2*1-2H3. The van der Waals surface area contributed by atoms with Gasteiger partial charge in [-0.3, -0.25) is 0 Å². The van der Waals surface area contributed by atoms with Crippen molar-refractivity contribution < 1.29 is 0 Å². The molecular formula is C49H48N2. The van der Waals surface area contributed by atoms with Crippen LogP contribution in [0.3, 0.4) is 0 Å². The predicted molar refractivity (Wildman–Crippen MR) is 225 cm³/mol. The highest BCUT2D eigenvalue weighted by Gasteiger charge is 2.26. The molecule has 51 heavy (non-hydrogen) atoms. The second-order valence-electron chi connectivity index (χ2n) is 12.4. The summed E-state index contributed by atoms with van der Waals surface area (Å²) in [6.07, 6.45) is 0. The number of hydrogen-bond donors (Lipinski definition) is 0. The van der Waals surface area contributed by atoms with Crippen molar-refractivity contribution in [3.8, 4) is 0 Å². The smallest absolute Gasteiger partial charge is 0.0620 e. The Kier molecular flexibility index (Phi) is 10.8. The van der Waals surface area contributed by atoms with Crippen LogP contribution in [0.1, 0.15) is 44.4 Å². The summed E-state index contributed by atoms with van der Waals surface area (Å²) in [4.78, 5) is 4.92. The molecule has 2 heteroatoms. The number of aryl methyl sites for hydroxylation is 3. The van der Waals surface area contributed by atoms with E-state index in [4.69, 9.17) is 0 Å².